The summed E-state index contributed by atoms with van der Waals surface area (Å²) in [5.74, 6) is 0.178. The van der Waals surface area contributed by atoms with Crippen LogP contribution >= 0.6 is 0 Å². The van der Waals surface area contributed by atoms with E-state index in [-0.39, 0.29) is 12.0 Å². The average molecular weight is 358 g/mol. The van der Waals surface area contributed by atoms with Crippen LogP contribution in [0.1, 0.15) is 36.7 Å². The van der Waals surface area contributed by atoms with Crippen molar-refractivity contribution in [3.8, 4) is 22.9 Å². The summed E-state index contributed by atoms with van der Waals surface area (Å²) in [5.41, 5.74) is 9.06. The number of rotatable bonds is 4. The second kappa shape index (κ2) is 7.13. The zero-order valence-corrected chi connectivity index (χ0v) is 15.7. The second-order valence-corrected chi connectivity index (χ2v) is 7.51. The van der Waals surface area contributed by atoms with Crippen LogP contribution in [-0.4, -0.2) is 12.5 Å². The van der Waals surface area contributed by atoms with E-state index < -0.39 is 5.91 Å². The second-order valence-electron chi connectivity index (χ2n) is 7.51. The van der Waals surface area contributed by atoms with Crippen molar-refractivity contribution in [2.45, 2.75) is 26.2 Å². The molecular weight excluding hydrogens is 336 g/mol. The summed E-state index contributed by atoms with van der Waals surface area (Å²) < 4.78 is 5.67. The van der Waals surface area contributed by atoms with Gasteiger partial charge in [0.15, 0.2) is 6.61 Å². The number of fused-ring (bicyclic) bond motifs is 1. The molecule has 2 N–H and O–H groups in total. The lowest BCUT2D eigenvalue weighted by atomic mass is 9.85. The average Bonchev–Trinajstić information content (AvgIpc) is 2.64. The Bertz CT molecular complexity index is 1040. The van der Waals surface area contributed by atoms with Crippen molar-refractivity contribution in [2.24, 2.45) is 5.73 Å². The molecule has 0 aliphatic heterocycles. The highest BCUT2D eigenvalue weighted by molar-refractivity contribution is 6.04. The number of amides is 1. The summed E-state index contributed by atoms with van der Waals surface area (Å²) in [6.45, 7) is 6.49. The molecule has 0 bridgehead atoms. The number of carbonyl (C=O) groups excluding carboxylic acids is 1. The van der Waals surface area contributed by atoms with Gasteiger partial charge in [-0.25, -0.2) is 0 Å². The van der Waals surface area contributed by atoms with Crippen LogP contribution in [0.25, 0.3) is 21.9 Å². The van der Waals surface area contributed by atoms with E-state index in [9.17, 15) is 4.79 Å². The number of hydrogen-bond donors (Lipinski definition) is 1. The minimum absolute atomic E-state index is 0.0298. The van der Waals surface area contributed by atoms with Gasteiger partial charge in [0.05, 0.1) is 0 Å². The minimum atomic E-state index is -0.460. The normalized spacial score (nSPS) is 11.2. The third-order valence-electron chi connectivity index (χ3n) is 4.60. The van der Waals surface area contributed by atoms with Crippen LogP contribution in [-0.2, 0) is 5.41 Å². The Balaban J connectivity index is 2.20. The van der Waals surface area contributed by atoms with E-state index in [1.165, 1.54) is 5.56 Å². The molecule has 0 radical (unpaired) electrons. The van der Waals surface area contributed by atoms with Gasteiger partial charge in [0.25, 0.3) is 0 Å². The van der Waals surface area contributed by atoms with Gasteiger partial charge in [0, 0.05) is 11.1 Å². The maximum Gasteiger partial charge on any atom is 0.248 e. The topological polar surface area (TPSA) is 76.1 Å². The minimum Gasteiger partial charge on any atom is -0.478 e. The molecule has 3 rings (SSSR count). The number of primary amides is 1. The SMILES string of the molecule is CC(C)(C)c1ccc(-c2c(OCC#N)ccc3cc(C(N)=O)ccc23)cc1. The molecule has 1 amide bonds. The molecule has 0 saturated carbocycles. The molecule has 0 aliphatic rings. The smallest absolute Gasteiger partial charge is 0.248 e. The molecule has 0 aromatic heterocycles. The molecule has 0 spiro atoms. The van der Waals surface area contributed by atoms with E-state index in [0.29, 0.717) is 11.3 Å². The zero-order chi connectivity index (χ0) is 19.6. The number of carbonyl (C=O) groups is 1. The van der Waals surface area contributed by atoms with E-state index in [0.717, 1.165) is 21.9 Å². The summed E-state index contributed by atoms with van der Waals surface area (Å²) in [6, 6.07) is 19.4. The number of hydrogen-bond acceptors (Lipinski definition) is 3. The predicted molar refractivity (Wildman–Crippen MR) is 108 cm³/mol. The number of nitrogens with zero attached hydrogens (tertiary/aromatic N) is 1. The standard InChI is InChI=1S/C23H22N2O2/c1-23(2,3)18-8-4-15(5-9-18)21-19-10-6-17(22(25)26)14-16(19)7-11-20(21)27-13-12-24/h4-11,14H,13H2,1-3H3,(H2,25,26). The fraction of sp³-hybridized carbons (Fsp3) is 0.217. The molecule has 0 atom stereocenters. The molecule has 136 valence electrons. The first-order chi connectivity index (χ1) is 12.8. The largest absolute Gasteiger partial charge is 0.478 e. The monoisotopic (exact) mass is 358 g/mol. The Kier molecular flexibility index (Phi) is 4.87. The van der Waals surface area contributed by atoms with Crippen molar-refractivity contribution >= 4 is 16.7 Å². The molecule has 3 aromatic carbocycles. The highest BCUT2D eigenvalue weighted by atomic mass is 16.5. The molecule has 0 unspecified atom stereocenters. The van der Waals surface area contributed by atoms with Crippen molar-refractivity contribution in [3.05, 3.63) is 65.7 Å². The van der Waals surface area contributed by atoms with Gasteiger partial charge in [-0.15, -0.1) is 0 Å². The lowest BCUT2D eigenvalue weighted by molar-refractivity contribution is 0.100. The molecule has 4 nitrogen and oxygen atoms in total. The third-order valence-corrected chi connectivity index (χ3v) is 4.60. The number of ether oxygens (including phenoxy) is 1. The lowest BCUT2D eigenvalue weighted by Crippen LogP contribution is -2.10. The van der Waals surface area contributed by atoms with Crippen LogP contribution in [0.2, 0.25) is 0 Å². The predicted octanol–water partition coefficient (Wildman–Crippen LogP) is 4.81. The Morgan fingerprint density at radius 3 is 2.37 bits per heavy atom. The van der Waals surface area contributed by atoms with E-state index in [1.54, 1.807) is 12.1 Å². The summed E-state index contributed by atoms with van der Waals surface area (Å²) in [4.78, 5) is 11.5. The molecule has 0 saturated heterocycles. The summed E-state index contributed by atoms with van der Waals surface area (Å²) in [5, 5.41) is 10.7. The van der Waals surface area contributed by atoms with Gasteiger partial charge in [-0.2, -0.15) is 5.26 Å². The Hall–Kier alpha value is -3.32. The van der Waals surface area contributed by atoms with Crippen LogP contribution in [0.4, 0.5) is 0 Å². The van der Waals surface area contributed by atoms with Gasteiger partial charge >= 0.3 is 0 Å². The van der Waals surface area contributed by atoms with Crippen LogP contribution in [0.15, 0.2) is 54.6 Å². The van der Waals surface area contributed by atoms with Crippen LogP contribution in [0.5, 0.6) is 5.75 Å². The Morgan fingerprint density at radius 1 is 1.07 bits per heavy atom. The molecule has 3 aromatic rings. The van der Waals surface area contributed by atoms with Crippen molar-refractivity contribution < 1.29 is 9.53 Å². The zero-order valence-electron chi connectivity index (χ0n) is 15.7. The maximum absolute atomic E-state index is 11.5. The lowest BCUT2D eigenvalue weighted by Gasteiger charge is -2.20. The van der Waals surface area contributed by atoms with Gasteiger partial charge < -0.3 is 10.5 Å². The first kappa shape index (κ1) is 18.5. The van der Waals surface area contributed by atoms with E-state index >= 15 is 0 Å². The maximum atomic E-state index is 11.5. The van der Waals surface area contributed by atoms with Gasteiger partial charge in [-0.3, -0.25) is 4.79 Å². The van der Waals surface area contributed by atoms with E-state index in [2.05, 4.69) is 45.0 Å². The Morgan fingerprint density at radius 2 is 1.78 bits per heavy atom. The molecular formula is C23H22N2O2. The fourth-order valence-electron chi connectivity index (χ4n) is 3.13. The van der Waals surface area contributed by atoms with E-state index in [1.807, 2.05) is 24.3 Å². The van der Waals surface area contributed by atoms with Gasteiger partial charge in [-0.05, 0) is 45.5 Å². The fourth-order valence-corrected chi connectivity index (χ4v) is 3.13. The number of benzene rings is 3. The molecule has 0 fully saturated rings. The van der Waals surface area contributed by atoms with Crippen molar-refractivity contribution in [2.75, 3.05) is 6.61 Å². The van der Waals surface area contributed by atoms with Crippen molar-refractivity contribution in [3.63, 3.8) is 0 Å². The molecule has 4 heteroatoms. The van der Waals surface area contributed by atoms with Gasteiger partial charge in [-0.1, -0.05) is 57.2 Å². The third kappa shape index (κ3) is 3.78. The highest BCUT2D eigenvalue weighted by Gasteiger charge is 2.16. The van der Waals surface area contributed by atoms with Crippen molar-refractivity contribution in [1.82, 2.24) is 0 Å². The summed E-state index contributed by atoms with van der Waals surface area (Å²) >= 11 is 0. The first-order valence-corrected chi connectivity index (χ1v) is 8.78. The van der Waals surface area contributed by atoms with Crippen LogP contribution in [0.3, 0.4) is 0 Å². The van der Waals surface area contributed by atoms with Crippen molar-refractivity contribution in [1.29, 1.82) is 5.26 Å². The Labute approximate surface area is 159 Å². The van der Waals surface area contributed by atoms with Gasteiger partial charge in [0.2, 0.25) is 5.91 Å². The molecule has 0 aliphatic carbocycles. The number of nitrogens with two attached hydrogens (primary N) is 1. The summed E-state index contributed by atoms with van der Waals surface area (Å²) in [6.07, 6.45) is 0. The molecule has 27 heavy (non-hydrogen) atoms. The molecule has 0 heterocycles. The van der Waals surface area contributed by atoms with Gasteiger partial charge in [0.1, 0.15) is 11.8 Å². The highest BCUT2D eigenvalue weighted by Crippen LogP contribution is 2.38. The quantitative estimate of drug-likeness (QED) is 0.727. The van der Waals surface area contributed by atoms with E-state index in [4.69, 9.17) is 15.7 Å². The van der Waals surface area contributed by atoms with Crippen LogP contribution in [0, 0.1) is 11.3 Å². The first-order valence-electron chi connectivity index (χ1n) is 8.78. The number of nitriles is 1. The van der Waals surface area contributed by atoms with Crippen LogP contribution < -0.4 is 10.5 Å². The summed E-state index contributed by atoms with van der Waals surface area (Å²) in [7, 11) is 0.